The van der Waals surface area contributed by atoms with Crippen molar-refractivity contribution in [3.05, 3.63) is 41.5 Å². The van der Waals surface area contributed by atoms with Crippen LogP contribution in [0.25, 0.3) is 0 Å². The van der Waals surface area contributed by atoms with Crippen molar-refractivity contribution in [1.29, 1.82) is 0 Å². The average Bonchev–Trinajstić information content (AvgIpc) is 3.02. The minimum absolute atomic E-state index is 0.0419. The van der Waals surface area contributed by atoms with E-state index in [1.165, 1.54) is 0 Å². The van der Waals surface area contributed by atoms with Gasteiger partial charge in [-0.05, 0) is 19.4 Å². The van der Waals surface area contributed by atoms with Gasteiger partial charge < -0.3 is 14.4 Å². The molecule has 5 heteroatoms. The summed E-state index contributed by atoms with van der Waals surface area (Å²) in [5, 5.41) is 13.3. The number of nitrogens with zero attached hydrogens (tertiary/aromatic N) is 2. The summed E-state index contributed by atoms with van der Waals surface area (Å²) in [5.41, 5.74) is 1.10. The second-order valence-corrected chi connectivity index (χ2v) is 4.84. The maximum Gasteiger partial charge on any atom is 0.226 e. The number of aliphatic hydroxyl groups excluding tert-OH is 1. The molecular weight excluding hydrogens is 244 g/mol. The van der Waals surface area contributed by atoms with Crippen molar-refractivity contribution in [1.82, 2.24) is 10.1 Å². The highest BCUT2D eigenvalue weighted by Crippen LogP contribution is 2.36. The predicted octanol–water partition coefficient (Wildman–Crippen LogP) is 1.91. The molecule has 1 aliphatic rings. The van der Waals surface area contributed by atoms with Crippen LogP contribution >= 0.6 is 0 Å². The van der Waals surface area contributed by atoms with E-state index in [1.807, 2.05) is 24.3 Å². The first-order chi connectivity index (χ1) is 9.24. The lowest BCUT2D eigenvalue weighted by Gasteiger charge is -2.01. The number of para-hydroxylation sites is 1. The summed E-state index contributed by atoms with van der Waals surface area (Å²) in [4.78, 5) is 4.39. The van der Waals surface area contributed by atoms with Crippen molar-refractivity contribution < 1.29 is 14.4 Å². The molecular formula is C14H16N2O3. The lowest BCUT2D eigenvalue weighted by molar-refractivity contribution is 0.180. The fourth-order valence-corrected chi connectivity index (χ4v) is 2.22. The summed E-state index contributed by atoms with van der Waals surface area (Å²) in [6.07, 6.45) is 0.866. The third-order valence-corrected chi connectivity index (χ3v) is 3.27. The van der Waals surface area contributed by atoms with Gasteiger partial charge in [0.1, 0.15) is 12.4 Å². The Kier molecular flexibility index (Phi) is 3.21. The SMILES string of the molecule is CC(O)CCc1nc(C2COc3ccccc32)no1. The number of aliphatic hydroxyl groups is 1. The van der Waals surface area contributed by atoms with Crippen LogP contribution < -0.4 is 4.74 Å². The van der Waals surface area contributed by atoms with Crippen LogP contribution in [0.2, 0.25) is 0 Å². The maximum atomic E-state index is 9.25. The van der Waals surface area contributed by atoms with E-state index in [0.29, 0.717) is 31.2 Å². The van der Waals surface area contributed by atoms with Crippen LogP contribution in [0.15, 0.2) is 28.8 Å². The highest BCUT2D eigenvalue weighted by atomic mass is 16.5. The first kappa shape index (κ1) is 12.2. The Labute approximate surface area is 111 Å². The monoisotopic (exact) mass is 260 g/mol. The Morgan fingerprint density at radius 3 is 3.11 bits per heavy atom. The number of benzene rings is 1. The molecule has 2 atom stereocenters. The van der Waals surface area contributed by atoms with E-state index in [9.17, 15) is 5.11 Å². The largest absolute Gasteiger partial charge is 0.492 e. The molecule has 1 aromatic heterocycles. The van der Waals surface area contributed by atoms with Gasteiger partial charge in [-0.3, -0.25) is 0 Å². The maximum absolute atomic E-state index is 9.25. The summed E-state index contributed by atoms with van der Waals surface area (Å²) >= 11 is 0. The normalized spacial score (nSPS) is 18.9. The van der Waals surface area contributed by atoms with Gasteiger partial charge in [0, 0.05) is 12.0 Å². The Bertz CT molecular complexity index is 565. The molecule has 0 fully saturated rings. The second-order valence-electron chi connectivity index (χ2n) is 4.84. The van der Waals surface area contributed by atoms with Gasteiger partial charge in [-0.1, -0.05) is 23.4 Å². The molecule has 2 aromatic rings. The molecule has 0 radical (unpaired) electrons. The zero-order valence-corrected chi connectivity index (χ0v) is 10.7. The molecule has 5 nitrogen and oxygen atoms in total. The van der Waals surface area contributed by atoms with Gasteiger partial charge in [-0.15, -0.1) is 0 Å². The topological polar surface area (TPSA) is 68.4 Å². The number of hydrogen-bond acceptors (Lipinski definition) is 5. The Morgan fingerprint density at radius 2 is 2.26 bits per heavy atom. The molecule has 0 saturated carbocycles. The molecule has 100 valence electrons. The molecule has 3 rings (SSSR count). The lowest BCUT2D eigenvalue weighted by Crippen LogP contribution is -2.05. The van der Waals surface area contributed by atoms with E-state index < -0.39 is 0 Å². The minimum Gasteiger partial charge on any atom is -0.492 e. The number of aryl methyl sites for hydroxylation is 1. The van der Waals surface area contributed by atoms with E-state index in [2.05, 4.69) is 10.1 Å². The molecule has 1 aromatic carbocycles. The predicted molar refractivity (Wildman–Crippen MR) is 68.1 cm³/mol. The molecule has 1 aliphatic heterocycles. The van der Waals surface area contributed by atoms with E-state index in [0.717, 1.165) is 11.3 Å². The molecule has 2 unspecified atom stereocenters. The summed E-state index contributed by atoms with van der Waals surface area (Å²) < 4.78 is 10.8. The van der Waals surface area contributed by atoms with Gasteiger partial charge >= 0.3 is 0 Å². The molecule has 0 bridgehead atoms. The third kappa shape index (κ3) is 2.46. The van der Waals surface area contributed by atoms with Crippen molar-refractivity contribution in [3.8, 4) is 5.75 Å². The smallest absolute Gasteiger partial charge is 0.226 e. The van der Waals surface area contributed by atoms with Crippen LogP contribution in [0.4, 0.5) is 0 Å². The van der Waals surface area contributed by atoms with Crippen LogP contribution in [0.1, 0.15) is 36.5 Å². The number of ether oxygens (including phenoxy) is 1. The Balaban J connectivity index is 1.77. The van der Waals surface area contributed by atoms with Gasteiger partial charge in [0.05, 0.1) is 12.0 Å². The van der Waals surface area contributed by atoms with Crippen LogP contribution in [0, 0.1) is 0 Å². The van der Waals surface area contributed by atoms with Crippen LogP contribution in [0.5, 0.6) is 5.75 Å². The van der Waals surface area contributed by atoms with Crippen molar-refractivity contribution in [3.63, 3.8) is 0 Å². The fraction of sp³-hybridized carbons (Fsp3) is 0.429. The first-order valence-electron chi connectivity index (χ1n) is 6.46. The van der Waals surface area contributed by atoms with Crippen molar-refractivity contribution >= 4 is 0 Å². The highest BCUT2D eigenvalue weighted by Gasteiger charge is 2.29. The zero-order chi connectivity index (χ0) is 13.2. The minimum atomic E-state index is -0.356. The van der Waals surface area contributed by atoms with E-state index >= 15 is 0 Å². The van der Waals surface area contributed by atoms with E-state index in [-0.39, 0.29) is 12.0 Å². The van der Waals surface area contributed by atoms with Crippen molar-refractivity contribution in [2.45, 2.75) is 31.8 Å². The van der Waals surface area contributed by atoms with Gasteiger partial charge in [0.15, 0.2) is 5.82 Å². The van der Waals surface area contributed by atoms with Gasteiger partial charge in [0.25, 0.3) is 0 Å². The number of fused-ring (bicyclic) bond motifs is 1. The first-order valence-corrected chi connectivity index (χ1v) is 6.46. The molecule has 0 saturated heterocycles. The fourth-order valence-electron chi connectivity index (χ4n) is 2.22. The molecule has 0 amide bonds. The Morgan fingerprint density at radius 1 is 1.42 bits per heavy atom. The average molecular weight is 260 g/mol. The summed E-state index contributed by atoms with van der Waals surface area (Å²) in [7, 11) is 0. The second kappa shape index (κ2) is 5.01. The third-order valence-electron chi connectivity index (χ3n) is 3.27. The van der Waals surface area contributed by atoms with Crippen LogP contribution in [0.3, 0.4) is 0 Å². The van der Waals surface area contributed by atoms with Crippen LogP contribution in [-0.4, -0.2) is 28.0 Å². The summed E-state index contributed by atoms with van der Waals surface area (Å²) in [6, 6.07) is 7.91. The van der Waals surface area contributed by atoms with Crippen molar-refractivity contribution in [2.75, 3.05) is 6.61 Å². The summed E-state index contributed by atoms with van der Waals surface area (Å²) in [6.45, 7) is 2.30. The number of aromatic nitrogens is 2. The standard InChI is InChI=1S/C14H16N2O3/c1-9(17)6-7-13-15-14(16-19-13)11-8-18-12-5-3-2-4-10(11)12/h2-5,9,11,17H,6-8H2,1H3. The Hall–Kier alpha value is -1.88. The zero-order valence-electron chi connectivity index (χ0n) is 10.7. The summed E-state index contributed by atoms with van der Waals surface area (Å²) in [5.74, 6) is 2.16. The molecule has 19 heavy (non-hydrogen) atoms. The molecule has 2 heterocycles. The molecule has 1 N–H and O–H groups in total. The van der Waals surface area contributed by atoms with Gasteiger partial charge in [-0.2, -0.15) is 4.98 Å². The van der Waals surface area contributed by atoms with Gasteiger partial charge in [-0.25, -0.2) is 0 Å². The number of hydrogen-bond donors (Lipinski definition) is 1. The van der Waals surface area contributed by atoms with Crippen molar-refractivity contribution in [2.24, 2.45) is 0 Å². The number of rotatable bonds is 4. The van der Waals surface area contributed by atoms with Crippen LogP contribution in [-0.2, 0) is 6.42 Å². The quantitative estimate of drug-likeness (QED) is 0.909. The van der Waals surface area contributed by atoms with E-state index in [4.69, 9.17) is 9.26 Å². The van der Waals surface area contributed by atoms with E-state index in [1.54, 1.807) is 6.92 Å². The lowest BCUT2D eigenvalue weighted by atomic mass is 10.0. The molecule has 0 aliphatic carbocycles. The van der Waals surface area contributed by atoms with Gasteiger partial charge in [0.2, 0.25) is 5.89 Å². The molecule has 0 spiro atoms. The highest BCUT2D eigenvalue weighted by molar-refractivity contribution is 5.42.